The van der Waals surface area contributed by atoms with Gasteiger partial charge in [-0.15, -0.1) is 0 Å². The number of hydrogen-bond acceptors (Lipinski definition) is 4. The van der Waals surface area contributed by atoms with Crippen LogP contribution in [0.3, 0.4) is 0 Å². The van der Waals surface area contributed by atoms with Crippen LogP contribution in [0, 0.1) is 0 Å². The molecule has 14 heavy (non-hydrogen) atoms. The first-order valence-electron chi connectivity index (χ1n) is 3.59. The molecule has 0 aromatic heterocycles. The van der Waals surface area contributed by atoms with E-state index >= 15 is 0 Å². The van der Waals surface area contributed by atoms with Crippen molar-refractivity contribution in [2.75, 3.05) is 6.61 Å². The molecule has 0 heterocycles. The molecule has 0 aromatic carbocycles. The smallest absolute Gasteiger partial charge is 1.00 e. The van der Waals surface area contributed by atoms with Crippen molar-refractivity contribution < 1.29 is 48.7 Å². The van der Waals surface area contributed by atoms with Gasteiger partial charge in [0.25, 0.3) is 0 Å². The van der Waals surface area contributed by atoms with E-state index in [2.05, 4.69) is 10.8 Å². The van der Waals surface area contributed by atoms with Crippen LogP contribution in [0.25, 0.3) is 0 Å². The number of amides is 1. The van der Waals surface area contributed by atoms with Gasteiger partial charge in [-0.3, -0.25) is 4.79 Å². The van der Waals surface area contributed by atoms with Crippen molar-refractivity contribution >= 4 is 17.3 Å². The summed E-state index contributed by atoms with van der Waals surface area (Å²) in [7, 11) is 0. The van der Waals surface area contributed by atoms with Gasteiger partial charge >= 0.3 is 29.6 Å². The largest absolute Gasteiger partial charge is 1.00 e. The van der Waals surface area contributed by atoms with Crippen LogP contribution in [0.15, 0.2) is 12.2 Å². The van der Waals surface area contributed by atoms with Crippen molar-refractivity contribution in [2.45, 2.75) is 20.3 Å². The summed E-state index contributed by atoms with van der Waals surface area (Å²) in [6.07, 6.45) is 0.730. The van der Waals surface area contributed by atoms with Gasteiger partial charge in [-0.2, -0.15) is 0 Å². The second kappa shape index (κ2) is 13.3. The van der Waals surface area contributed by atoms with E-state index in [0.29, 0.717) is 5.57 Å². The zero-order chi connectivity index (χ0) is 10.9. The molecule has 0 spiro atoms. The van der Waals surface area contributed by atoms with Crippen LogP contribution in [0.1, 0.15) is 21.7 Å². The van der Waals surface area contributed by atoms with Gasteiger partial charge in [0.1, 0.15) is 0 Å². The van der Waals surface area contributed by atoms with Crippen molar-refractivity contribution in [3.63, 3.8) is 0 Å². The van der Waals surface area contributed by atoms with Gasteiger partial charge in [0.05, 0.1) is 18.0 Å². The van der Waals surface area contributed by atoms with Gasteiger partial charge in [-0.05, 0) is 13.3 Å². The van der Waals surface area contributed by atoms with E-state index in [1.54, 1.807) is 6.92 Å². The molecule has 0 aromatic rings. The summed E-state index contributed by atoms with van der Waals surface area (Å²) in [6, 6.07) is 0. The van der Waals surface area contributed by atoms with Gasteiger partial charge in [0.15, 0.2) is 0 Å². The molecule has 0 fully saturated rings. The third-order valence-corrected chi connectivity index (χ3v) is 1.16. The summed E-state index contributed by atoms with van der Waals surface area (Å²) in [5.41, 5.74) is 5.09. The van der Waals surface area contributed by atoms with Gasteiger partial charge in [0, 0.05) is 5.57 Å². The third-order valence-electron chi connectivity index (χ3n) is 0.804. The fourth-order valence-corrected chi connectivity index (χ4v) is 0.454. The summed E-state index contributed by atoms with van der Waals surface area (Å²) < 4.78 is 23.2. The van der Waals surface area contributed by atoms with Crippen LogP contribution < -0.4 is 35.3 Å². The van der Waals surface area contributed by atoms with Crippen molar-refractivity contribution in [1.82, 2.24) is 0 Å². The van der Waals surface area contributed by atoms with Gasteiger partial charge in [0.2, 0.25) is 5.91 Å². The van der Waals surface area contributed by atoms with E-state index in [0.717, 1.165) is 6.42 Å². The van der Waals surface area contributed by atoms with Crippen molar-refractivity contribution in [1.29, 1.82) is 0 Å². The van der Waals surface area contributed by atoms with Gasteiger partial charge in [-0.25, -0.2) is 4.21 Å². The molecule has 2 N–H and O–H groups in total. The number of nitrogens with two attached hydrogens (primary N) is 1. The Hall–Kier alpha value is 0.280. The monoisotopic (exact) mass is 232 g/mol. The Morgan fingerprint density at radius 2 is 2.07 bits per heavy atom. The Balaban J connectivity index is -0.0000000718. The Bertz CT molecular complexity index is 191. The van der Waals surface area contributed by atoms with Crippen LogP contribution >= 0.6 is 0 Å². The Morgan fingerprint density at radius 3 is 2.14 bits per heavy atom. The maximum atomic E-state index is 9.82. The average molecular weight is 232 g/mol. The topological polar surface area (TPSA) is 92.5 Å². The van der Waals surface area contributed by atoms with Crippen LogP contribution in [-0.4, -0.2) is 21.3 Å². The van der Waals surface area contributed by atoms with E-state index in [4.69, 9.17) is 5.73 Å². The van der Waals surface area contributed by atoms with E-state index in [-0.39, 0.29) is 37.6 Å². The van der Waals surface area contributed by atoms with Gasteiger partial charge in [-0.1, -0.05) is 13.5 Å². The quantitative estimate of drug-likeness (QED) is 0.326. The van der Waals surface area contributed by atoms with E-state index in [9.17, 15) is 13.6 Å². The zero-order valence-electron chi connectivity index (χ0n) is 9.74. The molecular formula is C7H15NNaO4S-. The molecule has 1 atom stereocenters. The fourth-order valence-electron chi connectivity index (χ4n) is 0.151. The number of carbonyl (C=O) groups is 1. The van der Waals surface area contributed by atoms with Gasteiger partial charge < -0.3 is 15.9 Å². The van der Waals surface area contributed by atoms with E-state index in [1.807, 2.05) is 6.92 Å². The molecule has 0 radical (unpaired) electrons. The maximum absolute atomic E-state index is 9.82. The first-order valence-corrected chi connectivity index (χ1v) is 4.59. The standard InChI is InChI=1S/C4H7NO.C3H8O3S.Na.H/c1-3(2)4(5)6;1-2-3-6-7(4)5;;/h1H2,2H3,(H2,5,6);2-3H2,1H3,(H,4,5);;/q;;+1;-1/p-1. The number of rotatable bonds is 4. The molecule has 0 saturated heterocycles. The Morgan fingerprint density at radius 1 is 1.71 bits per heavy atom. The van der Waals surface area contributed by atoms with Crippen molar-refractivity contribution in [2.24, 2.45) is 5.73 Å². The van der Waals surface area contributed by atoms with E-state index < -0.39 is 17.3 Å². The van der Waals surface area contributed by atoms with Crippen LogP contribution in [-0.2, 0) is 20.3 Å². The second-order valence-corrected chi connectivity index (χ2v) is 2.81. The molecule has 0 bridgehead atoms. The molecule has 0 saturated carbocycles. The number of primary amides is 1. The summed E-state index contributed by atoms with van der Waals surface area (Å²) in [4.78, 5) is 9.82. The number of carbonyl (C=O) groups excluding carboxylic acids is 1. The fraction of sp³-hybridized carbons (Fsp3) is 0.571. The zero-order valence-corrected chi connectivity index (χ0v) is 11.6. The first-order chi connectivity index (χ1) is 5.91. The molecule has 1 unspecified atom stereocenters. The average Bonchev–Trinajstić information content (AvgIpc) is 2.01. The molecule has 0 aliphatic rings. The molecular weight excluding hydrogens is 217 g/mol. The second-order valence-electron chi connectivity index (χ2n) is 2.17. The van der Waals surface area contributed by atoms with Crippen molar-refractivity contribution in [3.8, 4) is 0 Å². The van der Waals surface area contributed by atoms with Crippen molar-refractivity contribution in [3.05, 3.63) is 12.2 Å². The molecule has 5 nitrogen and oxygen atoms in total. The van der Waals surface area contributed by atoms with E-state index in [1.165, 1.54) is 0 Å². The summed E-state index contributed by atoms with van der Waals surface area (Å²) in [6.45, 7) is 6.98. The van der Waals surface area contributed by atoms with Crippen LogP contribution in [0.4, 0.5) is 0 Å². The normalized spacial score (nSPS) is 10.2. The first kappa shape index (κ1) is 19.8. The maximum Gasteiger partial charge on any atom is 1.00 e. The molecule has 0 aliphatic carbocycles. The molecule has 7 heteroatoms. The summed E-state index contributed by atoms with van der Waals surface area (Å²) in [5.74, 6) is -0.435. The summed E-state index contributed by atoms with van der Waals surface area (Å²) in [5, 5.41) is 0. The minimum Gasteiger partial charge on any atom is -1.00 e. The molecule has 1 amide bonds. The van der Waals surface area contributed by atoms with Crippen LogP contribution in [0.2, 0.25) is 0 Å². The minimum absolute atomic E-state index is 0. The predicted molar refractivity (Wildman–Crippen MR) is 50.3 cm³/mol. The predicted octanol–water partition coefficient (Wildman–Crippen LogP) is -2.63. The summed E-state index contributed by atoms with van der Waals surface area (Å²) >= 11 is -2.32. The molecule has 80 valence electrons. The molecule has 0 aliphatic heterocycles. The SMILES string of the molecule is C=C(C)C(N)=O.CCCOS(=O)[O-].[H-].[Na+]. The minimum atomic E-state index is -2.32. The Labute approximate surface area is 110 Å². The Kier molecular flexibility index (Phi) is 18.8. The van der Waals surface area contributed by atoms with Crippen LogP contribution in [0.5, 0.6) is 0 Å². The third kappa shape index (κ3) is 22.8. The molecule has 0 rings (SSSR count). The number of hydrogen-bond donors (Lipinski definition) is 1.